The first-order chi connectivity index (χ1) is 17.2. The van der Waals surface area contributed by atoms with Gasteiger partial charge >= 0.3 is 5.97 Å². The molecule has 0 bridgehead atoms. The number of hydrogen-bond donors (Lipinski definition) is 3. The molecule has 0 aliphatic heterocycles. The number of nitrogens with zero attached hydrogens (tertiary/aromatic N) is 2. The van der Waals surface area contributed by atoms with Crippen molar-refractivity contribution in [1.82, 2.24) is 14.6 Å². The van der Waals surface area contributed by atoms with Gasteiger partial charge in [-0.2, -0.15) is 4.31 Å². The Morgan fingerprint density at radius 1 is 1.28 bits per heavy atom. The molecular weight excluding hydrogens is 482 g/mol. The second-order valence-corrected chi connectivity index (χ2v) is 10.4. The van der Waals surface area contributed by atoms with E-state index in [1.807, 2.05) is 37.3 Å². The largest absolute Gasteiger partial charge is 0.481 e. The van der Waals surface area contributed by atoms with Crippen LogP contribution in [0.4, 0.5) is 0 Å². The molecule has 1 saturated carbocycles. The normalized spacial score (nSPS) is 15.2. The van der Waals surface area contributed by atoms with E-state index < -0.39 is 23.2 Å². The molecule has 2 heterocycles. The molecule has 1 amide bonds. The molecule has 3 N–H and O–H groups in total. The summed E-state index contributed by atoms with van der Waals surface area (Å²) in [4.78, 5) is 28.7. The Morgan fingerprint density at radius 3 is 2.56 bits per heavy atom. The van der Waals surface area contributed by atoms with Crippen molar-refractivity contribution in [3.63, 3.8) is 0 Å². The number of carbonyl (C=O) groups is 2. The summed E-state index contributed by atoms with van der Waals surface area (Å²) in [6.45, 7) is 3.97. The SMILES string of the molecule is CNC(=O)c1c(-c2ccc(C)cc2)oc2nc(CN(CCCC(C)C(=O)O)S(=O)O)c(C3CC3)cc12. The quantitative estimate of drug-likeness (QED) is 0.322. The molecule has 36 heavy (non-hydrogen) atoms. The molecule has 1 fully saturated rings. The van der Waals surface area contributed by atoms with Crippen molar-refractivity contribution in [2.24, 2.45) is 5.92 Å². The maximum absolute atomic E-state index is 12.9. The van der Waals surface area contributed by atoms with Crippen molar-refractivity contribution in [3.8, 4) is 11.3 Å². The summed E-state index contributed by atoms with van der Waals surface area (Å²) >= 11 is -2.25. The number of carboxylic acids is 1. The Balaban J connectivity index is 1.72. The molecule has 4 rings (SSSR count). The summed E-state index contributed by atoms with van der Waals surface area (Å²) in [6.07, 6.45) is 2.82. The van der Waals surface area contributed by atoms with Crippen molar-refractivity contribution in [3.05, 3.63) is 52.7 Å². The lowest BCUT2D eigenvalue weighted by Crippen LogP contribution is -2.28. The van der Waals surface area contributed by atoms with E-state index in [0.29, 0.717) is 41.0 Å². The van der Waals surface area contributed by atoms with Crippen LogP contribution in [0, 0.1) is 12.8 Å². The van der Waals surface area contributed by atoms with Crippen LogP contribution >= 0.6 is 0 Å². The van der Waals surface area contributed by atoms with E-state index in [0.717, 1.165) is 29.5 Å². The number of pyridine rings is 1. The van der Waals surface area contributed by atoms with Crippen molar-refractivity contribution in [1.29, 1.82) is 0 Å². The number of amides is 1. The van der Waals surface area contributed by atoms with Gasteiger partial charge in [0, 0.05) is 19.2 Å². The summed E-state index contributed by atoms with van der Waals surface area (Å²) in [7, 11) is 1.57. The fourth-order valence-electron chi connectivity index (χ4n) is 4.28. The number of aliphatic carboxylic acids is 1. The molecule has 1 aromatic carbocycles. The number of fused-ring (bicyclic) bond motifs is 1. The fourth-order valence-corrected chi connectivity index (χ4v) is 4.80. The molecule has 2 atom stereocenters. The monoisotopic (exact) mass is 513 g/mol. The van der Waals surface area contributed by atoms with E-state index >= 15 is 0 Å². The van der Waals surface area contributed by atoms with E-state index in [1.165, 1.54) is 4.31 Å². The maximum atomic E-state index is 12.9. The zero-order valence-corrected chi connectivity index (χ0v) is 21.4. The summed E-state index contributed by atoms with van der Waals surface area (Å²) in [5, 5.41) is 12.4. The third-order valence-electron chi connectivity index (χ3n) is 6.59. The summed E-state index contributed by atoms with van der Waals surface area (Å²) in [6, 6.07) is 9.63. The Bertz CT molecular complexity index is 1300. The lowest BCUT2D eigenvalue weighted by molar-refractivity contribution is -0.141. The van der Waals surface area contributed by atoms with Crippen LogP contribution in [0.25, 0.3) is 22.4 Å². The molecule has 9 nitrogen and oxygen atoms in total. The summed E-state index contributed by atoms with van der Waals surface area (Å²) < 4.78 is 29.5. The van der Waals surface area contributed by atoms with Gasteiger partial charge in [-0.1, -0.05) is 36.8 Å². The highest BCUT2D eigenvalue weighted by Gasteiger charge is 2.31. The minimum absolute atomic E-state index is 0.113. The number of furan rings is 1. The van der Waals surface area contributed by atoms with E-state index in [-0.39, 0.29) is 24.9 Å². The van der Waals surface area contributed by atoms with Gasteiger partial charge in [0.25, 0.3) is 5.91 Å². The van der Waals surface area contributed by atoms with Crippen LogP contribution in [0.15, 0.2) is 34.7 Å². The van der Waals surface area contributed by atoms with Gasteiger partial charge in [0.2, 0.25) is 17.0 Å². The van der Waals surface area contributed by atoms with Gasteiger partial charge in [0.15, 0.2) is 0 Å². The van der Waals surface area contributed by atoms with Gasteiger partial charge in [-0.25, -0.2) is 9.19 Å². The second-order valence-electron chi connectivity index (χ2n) is 9.38. The lowest BCUT2D eigenvalue weighted by atomic mass is 10.0. The number of aryl methyl sites for hydroxylation is 1. The average Bonchev–Trinajstić information content (AvgIpc) is 3.63. The zero-order chi connectivity index (χ0) is 26.0. The molecule has 3 aromatic rings. The number of carboxylic acid groups (broad SMARTS) is 1. The number of nitrogens with one attached hydrogen (secondary N) is 1. The van der Waals surface area contributed by atoms with Crippen LogP contribution in [-0.2, 0) is 22.6 Å². The Kier molecular flexibility index (Phi) is 7.87. The second kappa shape index (κ2) is 10.9. The Hall–Kier alpha value is -3.08. The van der Waals surface area contributed by atoms with E-state index in [2.05, 4.69) is 5.32 Å². The zero-order valence-electron chi connectivity index (χ0n) is 20.6. The van der Waals surface area contributed by atoms with Crippen molar-refractivity contribution in [2.45, 2.75) is 52.0 Å². The first-order valence-electron chi connectivity index (χ1n) is 12.0. The predicted octanol–water partition coefficient (Wildman–Crippen LogP) is 4.48. The Morgan fingerprint density at radius 2 is 1.97 bits per heavy atom. The third-order valence-corrected chi connectivity index (χ3v) is 7.35. The number of benzene rings is 1. The highest BCUT2D eigenvalue weighted by Crippen LogP contribution is 2.44. The van der Waals surface area contributed by atoms with Crippen LogP contribution in [0.2, 0.25) is 0 Å². The summed E-state index contributed by atoms with van der Waals surface area (Å²) in [5.41, 5.74) is 4.14. The van der Waals surface area contributed by atoms with Crippen LogP contribution in [0.3, 0.4) is 0 Å². The van der Waals surface area contributed by atoms with Crippen molar-refractivity contribution < 1.29 is 27.9 Å². The fraction of sp³-hybridized carbons (Fsp3) is 0.423. The minimum atomic E-state index is -2.25. The van der Waals surface area contributed by atoms with E-state index in [4.69, 9.17) is 14.5 Å². The van der Waals surface area contributed by atoms with Gasteiger partial charge < -0.3 is 14.8 Å². The van der Waals surface area contributed by atoms with Crippen LogP contribution < -0.4 is 5.32 Å². The van der Waals surface area contributed by atoms with Crippen LogP contribution in [0.5, 0.6) is 0 Å². The third kappa shape index (κ3) is 5.66. The highest BCUT2D eigenvalue weighted by atomic mass is 32.2. The molecular formula is C26H31N3O6S. The van der Waals surface area contributed by atoms with E-state index in [9.17, 15) is 18.4 Å². The molecule has 2 unspecified atom stereocenters. The molecule has 0 spiro atoms. The molecule has 10 heteroatoms. The van der Waals surface area contributed by atoms with Crippen LogP contribution in [0.1, 0.15) is 65.7 Å². The topological polar surface area (TPSA) is 133 Å². The number of hydrogen-bond acceptors (Lipinski definition) is 5. The van der Waals surface area contributed by atoms with Gasteiger partial charge in [0.1, 0.15) is 5.76 Å². The molecule has 0 saturated heterocycles. The average molecular weight is 514 g/mol. The maximum Gasteiger partial charge on any atom is 0.306 e. The number of carbonyl (C=O) groups excluding carboxylic acids is 1. The number of aromatic nitrogens is 1. The van der Waals surface area contributed by atoms with Gasteiger partial charge in [-0.3, -0.25) is 14.1 Å². The van der Waals surface area contributed by atoms with Gasteiger partial charge in [-0.05, 0) is 50.2 Å². The van der Waals surface area contributed by atoms with Gasteiger partial charge in [-0.15, -0.1) is 0 Å². The highest BCUT2D eigenvalue weighted by molar-refractivity contribution is 7.76. The molecule has 1 aliphatic rings. The molecule has 192 valence electrons. The first kappa shape index (κ1) is 26.0. The minimum Gasteiger partial charge on any atom is -0.481 e. The van der Waals surface area contributed by atoms with Crippen molar-refractivity contribution >= 4 is 34.2 Å². The smallest absolute Gasteiger partial charge is 0.306 e. The summed E-state index contributed by atoms with van der Waals surface area (Å²) in [5.74, 6) is -0.980. The number of rotatable bonds is 11. The molecule has 0 radical (unpaired) electrons. The van der Waals surface area contributed by atoms with E-state index in [1.54, 1.807) is 14.0 Å². The first-order valence-corrected chi connectivity index (χ1v) is 13.1. The predicted molar refractivity (Wildman–Crippen MR) is 137 cm³/mol. The standard InChI is InChI=1S/C26H31N3O6S/c1-15-6-8-18(9-7-15)23-22(24(30)27-3)20-13-19(17-10-11-17)21(28-25(20)35-23)14-29(36(33)34)12-4-5-16(2)26(31)32/h6-9,13,16-17H,4-5,10-12,14H2,1-3H3,(H,27,30)(H,31,32)(H,33,34). The van der Waals surface area contributed by atoms with Crippen LogP contribution in [-0.4, -0.2) is 48.6 Å². The lowest BCUT2D eigenvalue weighted by Gasteiger charge is -2.19. The van der Waals surface area contributed by atoms with Crippen molar-refractivity contribution in [2.75, 3.05) is 13.6 Å². The Labute approximate surface area is 212 Å². The molecule has 2 aromatic heterocycles. The van der Waals surface area contributed by atoms with Gasteiger partial charge in [0.05, 0.1) is 29.1 Å². The molecule has 1 aliphatic carbocycles.